The van der Waals surface area contributed by atoms with Crippen LogP contribution in [0.1, 0.15) is 23.7 Å². The van der Waals surface area contributed by atoms with Gasteiger partial charge in [-0.3, -0.25) is 4.98 Å². The van der Waals surface area contributed by atoms with E-state index >= 15 is 0 Å². The molecule has 0 saturated carbocycles. The number of aromatic nitrogens is 3. The van der Waals surface area contributed by atoms with Gasteiger partial charge in [-0.05, 0) is 26.0 Å². The quantitative estimate of drug-likeness (QED) is 0.769. The number of aryl methyl sites for hydroxylation is 1. The summed E-state index contributed by atoms with van der Waals surface area (Å²) >= 11 is 1.62. The molecule has 18 heavy (non-hydrogen) atoms. The second-order valence-electron chi connectivity index (χ2n) is 4.26. The maximum atomic E-state index is 10.2. The maximum Gasteiger partial charge on any atom is 0.201 e. The van der Waals surface area contributed by atoms with Crippen molar-refractivity contribution in [3.8, 4) is 5.88 Å². The van der Waals surface area contributed by atoms with E-state index < -0.39 is 0 Å². The molecule has 0 aliphatic carbocycles. The van der Waals surface area contributed by atoms with Gasteiger partial charge in [0, 0.05) is 17.8 Å². The van der Waals surface area contributed by atoms with Gasteiger partial charge in [0.25, 0.3) is 0 Å². The van der Waals surface area contributed by atoms with Crippen molar-refractivity contribution >= 4 is 22.2 Å². The fourth-order valence-electron chi connectivity index (χ4n) is 2.05. The summed E-state index contributed by atoms with van der Waals surface area (Å²) in [5, 5.41) is 14.1. The Labute approximate surface area is 109 Å². The van der Waals surface area contributed by atoms with Crippen LogP contribution >= 0.6 is 11.3 Å². The van der Waals surface area contributed by atoms with E-state index in [0.717, 1.165) is 21.6 Å². The normalized spacial score (nSPS) is 13.0. The number of aromatic hydroxyl groups is 1. The lowest BCUT2D eigenvalue weighted by Gasteiger charge is -2.12. The summed E-state index contributed by atoms with van der Waals surface area (Å²) in [6.07, 6.45) is 3.59. The smallest absolute Gasteiger partial charge is 0.201 e. The van der Waals surface area contributed by atoms with E-state index in [9.17, 15) is 5.11 Å². The molecule has 1 unspecified atom stereocenters. The molecule has 1 atom stereocenters. The highest BCUT2D eigenvalue weighted by Gasteiger charge is 2.16. The first-order chi connectivity index (χ1) is 8.66. The van der Waals surface area contributed by atoms with Gasteiger partial charge in [0.2, 0.25) is 5.88 Å². The summed E-state index contributed by atoms with van der Waals surface area (Å²) in [6, 6.07) is 3.70. The fourth-order valence-corrected chi connectivity index (χ4v) is 2.75. The summed E-state index contributed by atoms with van der Waals surface area (Å²) < 4.78 is 1.81. The van der Waals surface area contributed by atoms with Crippen molar-refractivity contribution in [2.45, 2.75) is 19.9 Å². The molecule has 0 amide bonds. The van der Waals surface area contributed by atoms with Crippen LogP contribution < -0.4 is 0 Å². The van der Waals surface area contributed by atoms with Gasteiger partial charge in [0.1, 0.15) is 0 Å². The van der Waals surface area contributed by atoms with E-state index in [1.165, 1.54) is 0 Å². The zero-order valence-electron chi connectivity index (χ0n) is 10.2. The summed E-state index contributed by atoms with van der Waals surface area (Å²) in [4.78, 5) is 8.71. The Morgan fingerprint density at radius 3 is 2.94 bits per heavy atom. The highest BCUT2D eigenvalue weighted by Crippen LogP contribution is 2.31. The van der Waals surface area contributed by atoms with E-state index in [1.807, 2.05) is 42.1 Å². The number of pyridine rings is 1. The zero-order valence-corrected chi connectivity index (χ0v) is 11.0. The Morgan fingerprint density at radius 2 is 2.28 bits per heavy atom. The van der Waals surface area contributed by atoms with Crippen LogP contribution in [0.5, 0.6) is 5.88 Å². The first-order valence-electron chi connectivity index (χ1n) is 5.73. The zero-order chi connectivity index (χ0) is 12.7. The van der Waals surface area contributed by atoms with Gasteiger partial charge in [0.15, 0.2) is 0 Å². The molecular weight excluding hydrogens is 246 g/mol. The van der Waals surface area contributed by atoms with Gasteiger partial charge in [-0.1, -0.05) is 0 Å². The Bertz CT molecular complexity index is 701. The minimum atomic E-state index is 0.00384. The highest BCUT2D eigenvalue weighted by molar-refractivity contribution is 7.09. The number of fused-ring (bicyclic) bond motifs is 1. The van der Waals surface area contributed by atoms with Crippen molar-refractivity contribution in [2.24, 2.45) is 0 Å². The maximum absolute atomic E-state index is 10.2. The van der Waals surface area contributed by atoms with Crippen molar-refractivity contribution in [3.05, 3.63) is 40.6 Å². The first-order valence-corrected chi connectivity index (χ1v) is 6.61. The van der Waals surface area contributed by atoms with Gasteiger partial charge in [-0.15, -0.1) is 11.3 Å². The van der Waals surface area contributed by atoms with Gasteiger partial charge in [-0.25, -0.2) is 4.98 Å². The van der Waals surface area contributed by atoms with Gasteiger partial charge in [-0.2, -0.15) is 0 Å². The number of rotatable bonds is 2. The van der Waals surface area contributed by atoms with Crippen LogP contribution in [0, 0.1) is 6.92 Å². The Balaban J connectivity index is 2.11. The minimum Gasteiger partial charge on any atom is -0.494 e. The van der Waals surface area contributed by atoms with Crippen LogP contribution in [0.2, 0.25) is 0 Å². The SMILES string of the molecule is Cc1nc(C(C)n2cc3ncccc3c2O)cs1. The van der Waals surface area contributed by atoms with Crippen molar-refractivity contribution in [2.75, 3.05) is 0 Å². The standard InChI is InChI=1S/C13H13N3OS/c1-8(12-7-18-9(2)15-12)16-6-11-10(13(16)17)4-3-5-14-11/h3-8,17H,1-2H3. The van der Waals surface area contributed by atoms with Gasteiger partial charge >= 0.3 is 0 Å². The van der Waals surface area contributed by atoms with Crippen LogP contribution in [-0.4, -0.2) is 19.6 Å². The molecule has 0 aromatic carbocycles. The van der Waals surface area contributed by atoms with Crippen molar-refractivity contribution < 1.29 is 5.11 Å². The molecule has 0 fully saturated rings. The molecule has 0 aliphatic heterocycles. The van der Waals surface area contributed by atoms with E-state index in [0.29, 0.717) is 0 Å². The summed E-state index contributed by atoms with van der Waals surface area (Å²) in [5.41, 5.74) is 1.77. The van der Waals surface area contributed by atoms with Crippen LogP contribution in [0.3, 0.4) is 0 Å². The lowest BCUT2D eigenvalue weighted by molar-refractivity contribution is 0.410. The third kappa shape index (κ3) is 1.67. The predicted octanol–water partition coefficient (Wildman–Crippen LogP) is 3.12. The largest absolute Gasteiger partial charge is 0.494 e. The Morgan fingerprint density at radius 1 is 1.44 bits per heavy atom. The summed E-state index contributed by atoms with van der Waals surface area (Å²) in [6.45, 7) is 4.00. The predicted molar refractivity (Wildman–Crippen MR) is 72.1 cm³/mol. The lowest BCUT2D eigenvalue weighted by atomic mass is 10.2. The Kier molecular flexibility index (Phi) is 2.56. The van der Waals surface area contributed by atoms with E-state index in [-0.39, 0.29) is 11.9 Å². The Hall–Kier alpha value is -1.88. The summed E-state index contributed by atoms with van der Waals surface area (Å²) in [7, 11) is 0. The van der Waals surface area contributed by atoms with Crippen molar-refractivity contribution in [1.29, 1.82) is 0 Å². The average Bonchev–Trinajstić information content (AvgIpc) is 2.94. The third-order valence-electron chi connectivity index (χ3n) is 3.07. The molecule has 92 valence electrons. The number of hydrogen-bond donors (Lipinski definition) is 1. The molecule has 3 heterocycles. The molecule has 0 saturated heterocycles. The minimum absolute atomic E-state index is 0.00384. The molecule has 3 aromatic rings. The van der Waals surface area contributed by atoms with Crippen molar-refractivity contribution in [1.82, 2.24) is 14.5 Å². The third-order valence-corrected chi connectivity index (χ3v) is 3.86. The second-order valence-corrected chi connectivity index (χ2v) is 5.33. The molecule has 4 nitrogen and oxygen atoms in total. The highest BCUT2D eigenvalue weighted by atomic mass is 32.1. The molecule has 5 heteroatoms. The second kappa shape index (κ2) is 4.10. The van der Waals surface area contributed by atoms with Gasteiger partial charge < -0.3 is 9.67 Å². The number of thiazole rings is 1. The number of hydrogen-bond acceptors (Lipinski definition) is 4. The molecule has 0 spiro atoms. The van der Waals surface area contributed by atoms with Crippen LogP contribution in [0.4, 0.5) is 0 Å². The van der Waals surface area contributed by atoms with Crippen LogP contribution in [-0.2, 0) is 0 Å². The molecule has 0 bridgehead atoms. The molecule has 0 aliphatic rings. The van der Waals surface area contributed by atoms with E-state index in [2.05, 4.69) is 9.97 Å². The van der Waals surface area contributed by atoms with Crippen molar-refractivity contribution in [3.63, 3.8) is 0 Å². The monoisotopic (exact) mass is 259 g/mol. The van der Waals surface area contributed by atoms with Gasteiger partial charge in [0.05, 0.1) is 27.6 Å². The number of nitrogens with zero attached hydrogens (tertiary/aromatic N) is 3. The molecule has 3 rings (SSSR count). The fraction of sp³-hybridized carbons (Fsp3) is 0.231. The van der Waals surface area contributed by atoms with E-state index in [4.69, 9.17) is 0 Å². The van der Waals surface area contributed by atoms with Crippen LogP contribution in [0.15, 0.2) is 29.9 Å². The first kappa shape index (κ1) is 11.2. The van der Waals surface area contributed by atoms with E-state index in [1.54, 1.807) is 17.5 Å². The molecule has 0 radical (unpaired) electrons. The molecular formula is C13H13N3OS. The average molecular weight is 259 g/mol. The summed E-state index contributed by atoms with van der Waals surface area (Å²) in [5.74, 6) is 0.247. The lowest BCUT2D eigenvalue weighted by Crippen LogP contribution is -2.05. The van der Waals surface area contributed by atoms with Crippen LogP contribution in [0.25, 0.3) is 10.9 Å². The topological polar surface area (TPSA) is 50.9 Å². The molecule has 3 aromatic heterocycles. The molecule has 1 N–H and O–H groups in total.